The number of ether oxygens (including phenoxy) is 1. The van der Waals surface area contributed by atoms with Gasteiger partial charge in [-0.05, 0) is 18.4 Å². The van der Waals surface area contributed by atoms with Gasteiger partial charge in [0, 0.05) is 17.6 Å². The van der Waals surface area contributed by atoms with E-state index in [1.165, 1.54) is 35.3 Å². The Bertz CT molecular complexity index is 318. The Morgan fingerprint density at radius 3 is 2.57 bits per heavy atom. The van der Waals surface area contributed by atoms with Crippen molar-refractivity contribution in [2.75, 3.05) is 0 Å². The maximum absolute atomic E-state index is 5.58. The number of allylic oxidation sites excluding steroid dienone is 4. The summed E-state index contributed by atoms with van der Waals surface area (Å²) in [6, 6.07) is 0. The van der Waals surface area contributed by atoms with E-state index in [4.69, 9.17) is 4.74 Å². The van der Waals surface area contributed by atoms with E-state index in [-0.39, 0.29) is 0 Å². The maximum atomic E-state index is 5.58. The van der Waals surface area contributed by atoms with Crippen LogP contribution in [0.3, 0.4) is 0 Å². The van der Waals surface area contributed by atoms with Gasteiger partial charge in [0.1, 0.15) is 5.76 Å². The predicted octanol–water partition coefficient (Wildman–Crippen LogP) is 3.90. The van der Waals surface area contributed by atoms with Gasteiger partial charge in [-0.1, -0.05) is 32.4 Å². The van der Waals surface area contributed by atoms with Crippen LogP contribution in [-0.2, 0) is 4.74 Å². The Kier molecular flexibility index (Phi) is 2.76. The van der Waals surface area contributed by atoms with Crippen molar-refractivity contribution in [1.29, 1.82) is 0 Å². The molecule has 1 heteroatoms. The molecule has 0 spiro atoms. The second-order valence-electron chi connectivity index (χ2n) is 3.85. The molecule has 0 unspecified atom stereocenters. The molecule has 2 aliphatic rings. The normalized spacial score (nSPS) is 19.3. The molecule has 0 fully saturated rings. The molecule has 1 nitrogen and oxygen atoms in total. The Morgan fingerprint density at radius 2 is 1.86 bits per heavy atom. The summed E-state index contributed by atoms with van der Waals surface area (Å²) in [5.41, 5.74) is 4.12. The summed E-state index contributed by atoms with van der Waals surface area (Å²) in [4.78, 5) is 0. The molecule has 14 heavy (non-hydrogen) atoms. The number of hydrogen-bond acceptors (Lipinski definition) is 1. The number of rotatable bonds is 4. The summed E-state index contributed by atoms with van der Waals surface area (Å²) < 4.78 is 5.58. The number of fused-ring (bicyclic) bond motifs is 1. The highest BCUT2D eigenvalue weighted by atomic mass is 16.5. The first-order valence-electron chi connectivity index (χ1n) is 5.51. The van der Waals surface area contributed by atoms with Crippen LogP contribution in [0, 0.1) is 6.61 Å². The van der Waals surface area contributed by atoms with E-state index in [1.54, 1.807) is 0 Å². The molecule has 0 N–H and O–H groups in total. The molecule has 2 rings (SSSR count). The van der Waals surface area contributed by atoms with Crippen LogP contribution in [0.15, 0.2) is 34.6 Å². The minimum atomic E-state index is 1.06. The maximum Gasteiger partial charge on any atom is 0.165 e. The molecule has 1 radical (unpaired) electrons. The van der Waals surface area contributed by atoms with E-state index in [2.05, 4.69) is 26.0 Å². The Hall–Kier alpha value is -0.980. The van der Waals surface area contributed by atoms with E-state index < -0.39 is 0 Å². The third-order valence-corrected chi connectivity index (χ3v) is 2.68. The average molecular weight is 189 g/mol. The van der Waals surface area contributed by atoms with Crippen LogP contribution in [0.4, 0.5) is 0 Å². The lowest BCUT2D eigenvalue weighted by molar-refractivity contribution is 0.306. The lowest BCUT2D eigenvalue weighted by Gasteiger charge is -2.06. The second-order valence-corrected chi connectivity index (χ2v) is 3.85. The number of hydrogen-bond donors (Lipinski definition) is 0. The predicted molar refractivity (Wildman–Crippen MR) is 58.4 cm³/mol. The molecule has 0 bridgehead atoms. The zero-order valence-electron chi connectivity index (χ0n) is 8.97. The molecule has 1 aliphatic carbocycles. The van der Waals surface area contributed by atoms with Crippen molar-refractivity contribution >= 4 is 0 Å². The lowest BCUT2D eigenvalue weighted by Crippen LogP contribution is -1.89. The van der Waals surface area contributed by atoms with Gasteiger partial charge in [-0.2, -0.15) is 0 Å². The Balaban J connectivity index is 2.22. The minimum absolute atomic E-state index is 1.06. The third-order valence-electron chi connectivity index (χ3n) is 2.68. The summed E-state index contributed by atoms with van der Waals surface area (Å²) in [6.07, 6.45) is 8.99. The van der Waals surface area contributed by atoms with Crippen molar-refractivity contribution in [3.05, 3.63) is 41.2 Å². The zero-order chi connectivity index (χ0) is 9.97. The summed E-state index contributed by atoms with van der Waals surface area (Å²) in [5, 5.41) is 0. The van der Waals surface area contributed by atoms with Crippen molar-refractivity contribution in [3.8, 4) is 0 Å². The first kappa shape index (κ1) is 9.57. The van der Waals surface area contributed by atoms with E-state index in [0.717, 1.165) is 12.8 Å². The third kappa shape index (κ3) is 1.52. The highest BCUT2D eigenvalue weighted by Gasteiger charge is 2.26. The van der Waals surface area contributed by atoms with Gasteiger partial charge in [-0.25, -0.2) is 0 Å². The van der Waals surface area contributed by atoms with E-state index >= 15 is 0 Å². The largest absolute Gasteiger partial charge is 0.485 e. The van der Waals surface area contributed by atoms with Crippen LogP contribution in [0.2, 0.25) is 0 Å². The summed E-state index contributed by atoms with van der Waals surface area (Å²) in [7, 11) is 0. The molecule has 0 amide bonds. The summed E-state index contributed by atoms with van der Waals surface area (Å²) >= 11 is 0. The summed E-state index contributed by atoms with van der Waals surface area (Å²) in [5.74, 6) is 1.18. The average Bonchev–Trinajstić information content (AvgIpc) is 2.72. The molecular formula is C13H17O. The van der Waals surface area contributed by atoms with Gasteiger partial charge in [-0.15, -0.1) is 0 Å². The molecule has 0 saturated carbocycles. The zero-order valence-corrected chi connectivity index (χ0v) is 8.97. The van der Waals surface area contributed by atoms with Crippen LogP contribution in [0.5, 0.6) is 0 Å². The molecule has 75 valence electrons. The van der Waals surface area contributed by atoms with Crippen LogP contribution in [0.1, 0.15) is 39.5 Å². The fourth-order valence-corrected chi connectivity index (χ4v) is 2.06. The van der Waals surface area contributed by atoms with Crippen molar-refractivity contribution in [3.63, 3.8) is 0 Å². The molecule has 1 aliphatic heterocycles. The quantitative estimate of drug-likeness (QED) is 0.651. The fraction of sp³-hybridized carbons (Fsp3) is 0.462. The van der Waals surface area contributed by atoms with Crippen molar-refractivity contribution in [2.24, 2.45) is 0 Å². The van der Waals surface area contributed by atoms with Crippen LogP contribution >= 0.6 is 0 Å². The SMILES string of the molecule is CCCC1=CC=C2[CH]OC(CCC)=C21. The first-order valence-corrected chi connectivity index (χ1v) is 5.51. The summed E-state index contributed by atoms with van der Waals surface area (Å²) in [6.45, 7) is 6.30. The highest BCUT2D eigenvalue weighted by Crippen LogP contribution is 2.40. The van der Waals surface area contributed by atoms with Gasteiger partial charge in [0.2, 0.25) is 0 Å². The topological polar surface area (TPSA) is 9.23 Å². The van der Waals surface area contributed by atoms with Gasteiger partial charge < -0.3 is 4.74 Å². The fourth-order valence-electron chi connectivity index (χ4n) is 2.06. The van der Waals surface area contributed by atoms with E-state index in [0.29, 0.717) is 0 Å². The van der Waals surface area contributed by atoms with Crippen LogP contribution < -0.4 is 0 Å². The van der Waals surface area contributed by atoms with Gasteiger partial charge in [0.05, 0.1) is 0 Å². The monoisotopic (exact) mass is 189 g/mol. The molecule has 0 atom stereocenters. The Labute approximate surface area is 86.2 Å². The van der Waals surface area contributed by atoms with E-state index in [9.17, 15) is 0 Å². The minimum Gasteiger partial charge on any atom is -0.485 e. The lowest BCUT2D eigenvalue weighted by atomic mass is 9.99. The van der Waals surface area contributed by atoms with Crippen molar-refractivity contribution < 1.29 is 4.74 Å². The molecule has 1 heterocycles. The molecule has 0 aromatic rings. The van der Waals surface area contributed by atoms with Crippen LogP contribution in [-0.4, -0.2) is 0 Å². The van der Waals surface area contributed by atoms with Crippen LogP contribution in [0.25, 0.3) is 0 Å². The molecular weight excluding hydrogens is 172 g/mol. The molecule has 0 aromatic carbocycles. The second kappa shape index (κ2) is 4.04. The van der Waals surface area contributed by atoms with Gasteiger partial charge in [-0.3, -0.25) is 0 Å². The van der Waals surface area contributed by atoms with Gasteiger partial charge in [0.25, 0.3) is 0 Å². The van der Waals surface area contributed by atoms with Crippen molar-refractivity contribution in [2.45, 2.75) is 39.5 Å². The van der Waals surface area contributed by atoms with E-state index in [1.807, 2.05) is 6.61 Å². The molecule has 0 aromatic heterocycles. The smallest absolute Gasteiger partial charge is 0.165 e. The van der Waals surface area contributed by atoms with Crippen molar-refractivity contribution in [1.82, 2.24) is 0 Å². The first-order chi connectivity index (χ1) is 6.86. The highest BCUT2D eigenvalue weighted by molar-refractivity contribution is 5.61. The standard InChI is InChI=1S/C13H17O/c1-3-5-10-7-8-11-9-14-12(6-4-2)13(10)11/h7-9H,3-6H2,1-2H3. The molecule has 0 saturated heterocycles. The van der Waals surface area contributed by atoms with Gasteiger partial charge in [0.15, 0.2) is 6.61 Å². The Morgan fingerprint density at radius 1 is 1.07 bits per heavy atom. The van der Waals surface area contributed by atoms with Gasteiger partial charge >= 0.3 is 0 Å².